The highest BCUT2D eigenvalue weighted by Crippen LogP contribution is 2.28. The predicted molar refractivity (Wildman–Crippen MR) is 97.6 cm³/mol. The van der Waals surface area contributed by atoms with Crippen molar-refractivity contribution >= 4 is 11.0 Å². The molecule has 0 unspecified atom stereocenters. The lowest BCUT2D eigenvalue weighted by Crippen LogP contribution is -2.03. The van der Waals surface area contributed by atoms with Crippen LogP contribution in [0.25, 0.3) is 22.1 Å². The number of hydrogen-bond donors (Lipinski definition) is 0. The standard InChI is InChI=1S/C21H20O3/c1-14(2)9-10-16-11-17-12-18(15-7-5-4-6-8-15)21(22)24-20(17)13-19(16)23-3/h4-9,11-13H,10H2,1-3H3. The molecule has 1 aromatic heterocycles. The SMILES string of the molecule is COc1cc2oc(=O)c(-c3ccccc3)cc2cc1CC=C(C)C. The van der Waals surface area contributed by atoms with Gasteiger partial charge in [0.25, 0.3) is 0 Å². The maximum absolute atomic E-state index is 12.3. The second kappa shape index (κ2) is 6.75. The third kappa shape index (κ3) is 3.25. The minimum atomic E-state index is -0.340. The normalized spacial score (nSPS) is 10.6. The summed E-state index contributed by atoms with van der Waals surface area (Å²) in [5.74, 6) is 0.732. The zero-order valence-corrected chi connectivity index (χ0v) is 14.1. The molecule has 3 nitrogen and oxygen atoms in total. The lowest BCUT2D eigenvalue weighted by atomic mass is 10.0. The molecule has 0 spiro atoms. The van der Waals surface area contributed by atoms with E-state index in [2.05, 4.69) is 19.9 Å². The number of fused-ring (bicyclic) bond motifs is 1. The van der Waals surface area contributed by atoms with E-state index in [4.69, 9.17) is 9.15 Å². The summed E-state index contributed by atoms with van der Waals surface area (Å²) in [5.41, 5.74) is 3.95. The Morgan fingerprint density at radius 1 is 1.12 bits per heavy atom. The zero-order chi connectivity index (χ0) is 17.1. The maximum atomic E-state index is 12.3. The van der Waals surface area contributed by atoms with Crippen LogP contribution >= 0.6 is 0 Å². The first-order valence-electron chi connectivity index (χ1n) is 7.92. The van der Waals surface area contributed by atoms with Crippen molar-refractivity contribution in [2.75, 3.05) is 7.11 Å². The number of methoxy groups -OCH3 is 1. The van der Waals surface area contributed by atoms with E-state index in [1.807, 2.05) is 42.5 Å². The van der Waals surface area contributed by atoms with E-state index < -0.39 is 0 Å². The van der Waals surface area contributed by atoms with Crippen molar-refractivity contribution in [2.45, 2.75) is 20.3 Å². The molecule has 3 aromatic rings. The molecule has 122 valence electrons. The van der Waals surface area contributed by atoms with Gasteiger partial charge in [0.15, 0.2) is 0 Å². The third-order valence-electron chi connectivity index (χ3n) is 3.95. The van der Waals surface area contributed by atoms with Crippen molar-refractivity contribution in [3.63, 3.8) is 0 Å². The monoisotopic (exact) mass is 320 g/mol. The van der Waals surface area contributed by atoms with Gasteiger partial charge in [-0.3, -0.25) is 0 Å². The largest absolute Gasteiger partial charge is 0.496 e. The summed E-state index contributed by atoms with van der Waals surface area (Å²) in [7, 11) is 1.63. The van der Waals surface area contributed by atoms with E-state index in [0.29, 0.717) is 11.1 Å². The second-order valence-corrected chi connectivity index (χ2v) is 6.00. The fourth-order valence-corrected chi connectivity index (χ4v) is 2.68. The van der Waals surface area contributed by atoms with Gasteiger partial charge in [-0.05, 0) is 43.5 Å². The number of allylic oxidation sites excluding steroid dienone is 2. The molecule has 24 heavy (non-hydrogen) atoms. The summed E-state index contributed by atoms with van der Waals surface area (Å²) in [6, 6.07) is 15.3. The summed E-state index contributed by atoms with van der Waals surface area (Å²) in [4.78, 5) is 12.3. The minimum Gasteiger partial charge on any atom is -0.496 e. The summed E-state index contributed by atoms with van der Waals surface area (Å²) in [6.07, 6.45) is 2.93. The van der Waals surface area contributed by atoms with Crippen molar-refractivity contribution in [1.29, 1.82) is 0 Å². The van der Waals surface area contributed by atoms with E-state index >= 15 is 0 Å². The number of hydrogen-bond acceptors (Lipinski definition) is 3. The van der Waals surface area contributed by atoms with E-state index in [-0.39, 0.29) is 5.63 Å². The highest BCUT2D eigenvalue weighted by molar-refractivity contribution is 5.84. The van der Waals surface area contributed by atoms with Crippen LogP contribution in [0.2, 0.25) is 0 Å². The molecule has 0 radical (unpaired) electrons. The number of ether oxygens (including phenoxy) is 1. The maximum Gasteiger partial charge on any atom is 0.344 e. The Bertz CT molecular complexity index is 946. The molecule has 1 heterocycles. The van der Waals surface area contributed by atoms with Crippen LogP contribution in [0, 0.1) is 0 Å². The van der Waals surface area contributed by atoms with Gasteiger partial charge in [-0.2, -0.15) is 0 Å². The van der Waals surface area contributed by atoms with Gasteiger partial charge in [0.2, 0.25) is 0 Å². The summed E-state index contributed by atoms with van der Waals surface area (Å²) < 4.78 is 11.0. The van der Waals surface area contributed by atoms with E-state index in [1.165, 1.54) is 5.57 Å². The van der Waals surface area contributed by atoms with Crippen molar-refractivity contribution < 1.29 is 9.15 Å². The van der Waals surface area contributed by atoms with Crippen molar-refractivity contribution in [3.05, 3.63) is 76.2 Å². The Hall–Kier alpha value is -2.81. The average Bonchev–Trinajstić information content (AvgIpc) is 2.59. The first-order chi connectivity index (χ1) is 11.6. The van der Waals surface area contributed by atoms with Gasteiger partial charge in [-0.25, -0.2) is 4.79 Å². The molecule has 0 saturated carbocycles. The van der Waals surface area contributed by atoms with Crippen LogP contribution in [0.15, 0.2) is 69.4 Å². The third-order valence-corrected chi connectivity index (χ3v) is 3.95. The molecule has 0 atom stereocenters. The van der Waals surface area contributed by atoms with Crippen LogP contribution in [-0.4, -0.2) is 7.11 Å². The topological polar surface area (TPSA) is 39.4 Å². The molecule has 2 aromatic carbocycles. The van der Waals surface area contributed by atoms with Gasteiger partial charge in [-0.15, -0.1) is 0 Å². The molecule has 0 aliphatic carbocycles. The Morgan fingerprint density at radius 2 is 1.88 bits per heavy atom. The van der Waals surface area contributed by atoms with Crippen molar-refractivity contribution in [1.82, 2.24) is 0 Å². The second-order valence-electron chi connectivity index (χ2n) is 6.00. The predicted octanol–water partition coefficient (Wildman–Crippen LogP) is 4.98. The summed E-state index contributed by atoms with van der Waals surface area (Å²) >= 11 is 0. The quantitative estimate of drug-likeness (QED) is 0.503. The summed E-state index contributed by atoms with van der Waals surface area (Å²) in [6.45, 7) is 4.14. The molecular weight excluding hydrogens is 300 g/mol. The smallest absolute Gasteiger partial charge is 0.344 e. The van der Waals surface area contributed by atoms with E-state index in [9.17, 15) is 4.79 Å². The molecule has 3 heteroatoms. The van der Waals surface area contributed by atoms with Crippen LogP contribution in [-0.2, 0) is 6.42 Å². The van der Waals surface area contributed by atoms with Crippen molar-refractivity contribution in [2.24, 2.45) is 0 Å². The van der Waals surface area contributed by atoms with Crippen molar-refractivity contribution in [3.8, 4) is 16.9 Å². The van der Waals surface area contributed by atoms with Gasteiger partial charge in [0.05, 0.1) is 12.7 Å². The van der Waals surface area contributed by atoms with Crippen LogP contribution in [0.1, 0.15) is 19.4 Å². The summed E-state index contributed by atoms with van der Waals surface area (Å²) in [5, 5.41) is 0.895. The van der Waals surface area contributed by atoms with Gasteiger partial charge in [-0.1, -0.05) is 42.0 Å². The lowest BCUT2D eigenvalue weighted by molar-refractivity contribution is 0.410. The molecule has 0 N–H and O–H groups in total. The zero-order valence-electron chi connectivity index (χ0n) is 14.1. The van der Waals surface area contributed by atoms with Crippen LogP contribution in [0.5, 0.6) is 5.75 Å². The van der Waals surface area contributed by atoms with E-state index in [1.54, 1.807) is 13.2 Å². The number of rotatable bonds is 4. The number of benzene rings is 2. The Labute approximate surface area is 141 Å². The highest BCUT2D eigenvalue weighted by Gasteiger charge is 2.11. The van der Waals surface area contributed by atoms with Crippen LogP contribution in [0.3, 0.4) is 0 Å². The Morgan fingerprint density at radius 3 is 2.54 bits per heavy atom. The Balaban J connectivity index is 2.17. The van der Waals surface area contributed by atoms with Crippen LogP contribution in [0.4, 0.5) is 0 Å². The van der Waals surface area contributed by atoms with E-state index in [0.717, 1.165) is 28.7 Å². The van der Waals surface area contributed by atoms with Gasteiger partial charge < -0.3 is 9.15 Å². The van der Waals surface area contributed by atoms with Crippen LogP contribution < -0.4 is 10.4 Å². The molecule has 3 rings (SSSR count). The molecule has 0 saturated heterocycles. The average molecular weight is 320 g/mol. The molecule has 0 fully saturated rings. The van der Waals surface area contributed by atoms with Gasteiger partial charge in [0.1, 0.15) is 11.3 Å². The Kier molecular flexibility index (Phi) is 4.52. The van der Waals surface area contributed by atoms with Gasteiger partial charge >= 0.3 is 5.63 Å². The minimum absolute atomic E-state index is 0.340. The fourth-order valence-electron chi connectivity index (χ4n) is 2.68. The first-order valence-corrected chi connectivity index (χ1v) is 7.92. The first kappa shape index (κ1) is 16.1. The fraction of sp³-hybridized carbons (Fsp3) is 0.190. The molecule has 0 bridgehead atoms. The molecule has 0 aliphatic heterocycles. The molecule has 0 aliphatic rings. The molecule has 0 amide bonds. The lowest BCUT2D eigenvalue weighted by Gasteiger charge is -2.09. The molecular formula is C21H20O3. The van der Waals surface area contributed by atoms with Gasteiger partial charge in [0, 0.05) is 11.5 Å². The highest BCUT2D eigenvalue weighted by atomic mass is 16.5.